The van der Waals surface area contributed by atoms with Crippen molar-refractivity contribution in [3.63, 3.8) is 0 Å². The van der Waals surface area contributed by atoms with Gasteiger partial charge in [-0.1, -0.05) is 36.9 Å². The number of benzene rings is 3. The van der Waals surface area contributed by atoms with Crippen LogP contribution in [0, 0.1) is 5.92 Å². The number of carbonyl (C=O) groups excluding carboxylic acids is 1. The third-order valence-corrected chi connectivity index (χ3v) is 6.37. The molecule has 7 nitrogen and oxygen atoms in total. The molecular formula is C29H28FN5O2. The molecule has 1 amide bonds. The number of fused-ring (bicyclic) bond motifs is 1. The Bertz CT molecular complexity index is 1410. The second-order valence-corrected chi connectivity index (χ2v) is 8.92. The maximum absolute atomic E-state index is 13.3. The number of aromatic nitrogens is 2. The lowest BCUT2D eigenvalue weighted by Crippen LogP contribution is -2.43. The first-order valence-electron chi connectivity index (χ1n) is 12.2. The SMILES string of the molecule is C=CC(=O)Nc1cccc(-c2cccc3cnc(Nc4ccc(O[C@H]5CCNC[C@H]5CF)cc4)nc23)c1. The topological polar surface area (TPSA) is 88.2 Å². The van der Waals surface area contributed by atoms with Gasteiger partial charge in [0.2, 0.25) is 11.9 Å². The van der Waals surface area contributed by atoms with Crippen LogP contribution in [0.1, 0.15) is 6.42 Å². The molecule has 1 aliphatic rings. The van der Waals surface area contributed by atoms with Gasteiger partial charge in [0.1, 0.15) is 11.9 Å². The number of piperidine rings is 1. The summed E-state index contributed by atoms with van der Waals surface area (Å²) in [5.41, 5.74) is 4.12. The molecule has 0 unspecified atom stereocenters. The van der Waals surface area contributed by atoms with Crippen molar-refractivity contribution in [3.8, 4) is 16.9 Å². The van der Waals surface area contributed by atoms with Crippen molar-refractivity contribution in [3.05, 3.63) is 85.6 Å². The number of carbonyl (C=O) groups is 1. The van der Waals surface area contributed by atoms with Crippen LogP contribution >= 0.6 is 0 Å². The summed E-state index contributed by atoms with van der Waals surface area (Å²) in [7, 11) is 0. The molecule has 37 heavy (non-hydrogen) atoms. The maximum Gasteiger partial charge on any atom is 0.247 e. The molecule has 3 N–H and O–H groups in total. The van der Waals surface area contributed by atoms with Gasteiger partial charge < -0.3 is 20.7 Å². The van der Waals surface area contributed by atoms with Crippen molar-refractivity contribution in [1.29, 1.82) is 0 Å². The first-order chi connectivity index (χ1) is 18.1. The number of nitrogens with zero attached hydrogens (tertiary/aromatic N) is 2. The van der Waals surface area contributed by atoms with Gasteiger partial charge in [0.15, 0.2) is 0 Å². The highest BCUT2D eigenvalue weighted by Gasteiger charge is 2.26. The van der Waals surface area contributed by atoms with E-state index in [0.717, 1.165) is 40.7 Å². The number of hydrogen-bond acceptors (Lipinski definition) is 6. The molecular weight excluding hydrogens is 469 g/mol. The molecule has 188 valence electrons. The smallest absolute Gasteiger partial charge is 0.247 e. The van der Waals surface area contributed by atoms with Gasteiger partial charge in [-0.25, -0.2) is 9.97 Å². The Labute approximate surface area is 214 Å². The largest absolute Gasteiger partial charge is 0.490 e. The predicted octanol–water partition coefficient (Wildman–Crippen LogP) is 5.49. The molecule has 0 bridgehead atoms. The summed E-state index contributed by atoms with van der Waals surface area (Å²) < 4.78 is 19.4. The first kappa shape index (κ1) is 24.4. The van der Waals surface area contributed by atoms with Crippen molar-refractivity contribution < 1.29 is 13.9 Å². The molecule has 2 heterocycles. The fraction of sp³-hybridized carbons (Fsp3) is 0.207. The fourth-order valence-corrected chi connectivity index (χ4v) is 4.44. The molecule has 1 aromatic heterocycles. The van der Waals surface area contributed by atoms with Crippen LogP contribution in [-0.4, -0.2) is 41.7 Å². The normalized spacial score (nSPS) is 17.2. The number of halogens is 1. The Morgan fingerprint density at radius 2 is 1.97 bits per heavy atom. The van der Waals surface area contributed by atoms with Gasteiger partial charge >= 0.3 is 0 Å². The van der Waals surface area contributed by atoms with E-state index >= 15 is 0 Å². The monoisotopic (exact) mass is 497 g/mol. The van der Waals surface area contributed by atoms with Crippen molar-refractivity contribution in [2.75, 3.05) is 30.4 Å². The summed E-state index contributed by atoms with van der Waals surface area (Å²) in [5.74, 6) is 0.769. The molecule has 0 aliphatic carbocycles. The second-order valence-electron chi connectivity index (χ2n) is 8.92. The fourth-order valence-electron chi connectivity index (χ4n) is 4.44. The third-order valence-electron chi connectivity index (χ3n) is 6.37. The number of alkyl halides is 1. The molecule has 1 fully saturated rings. The summed E-state index contributed by atoms with van der Waals surface area (Å²) >= 11 is 0. The Morgan fingerprint density at radius 3 is 2.78 bits per heavy atom. The van der Waals surface area contributed by atoms with Gasteiger partial charge in [-0.15, -0.1) is 0 Å². The van der Waals surface area contributed by atoms with Gasteiger partial charge in [0.05, 0.1) is 12.2 Å². The minimum atomic E-state index is -0.396. The molecule has 3 aromatic carbocycles. The van der Waals surface area contributed by atoms with E-state index in [4.69, 9.17) is 9.72 Å². The van der Waals surface area contributed by atoms with E-state index in [-0.39, 0.29) is 17.9 Å². The zero-order chi connectivity index (χ0) is 25.6. The Balaban J connectivity index is 1.35. The van der Waals surface area contributed by atoms with Crippen LogP contribution in [0.25, 0.3) is 22.0 Å². The third kappa shape index (κ3) is 5.76. The quantitative estimate of drug-likeness (QED) is 0.279. The van der Waals surface area contributed by atoms with Crippen LogP contribution in [0.15, 0.2) is 85.6 Å². The molecule has 5 rings (SSSR count). The number of ether oxygens (including phenoxy) is 1. The first-order valence-corrected chi connectivity index (χ1v) is 12.2. The van der Waals surface area contributed by atoms with Crippen LogP contribution in [0.2, 0.25) is 0 Å². The number of nitrogens with one attached hydrogen (secondary N) is 3. The van der Waals surface area contributed by atoms with Gasteiger partial charge in [0, 0.05) is 41.0 Å². The van der Waals surface area contributed by atoms with Crippen LogP contribution in [-0.2, 0) is 4.79 Å². The van der Waals surface area contributed by atoms with Crippen LogP contribution in [0.4, 0.5) is 21.7 Å². The Hall–Kier alpha value is -4.30. The minimum absolute atomic E-state index is 0.129. The average Bonchev–Trinajstić information content (AvgIpc) is 2.94. The predicted molar refractivity (Wildman–Crippen MR) is 145 cm³/mol. The number of amides is 1. The summed E-state index contributed by atoms with van der Waals surface area (Å²) in [6.07, 6.45) is 3.67. The highest BCUT2D eigenvalue weighted by molar-refractivity contribution is 6.00. The summed E-state index contributed by atoms with van der Waals surface area (Å²) in [5, 5.41) is 10.2. The molecule has 0 radical (unpaired) electrons. The Kier molecular flexibility index (Phi) is 7.37. The number of anilines is 3. The highest BCUT2D eigenvalue weighted by atomic mass is 19.1. The van der Waals surface area contributed by atoms with E-state index in [1.165, 1.54) is 6.08 Å². The molecule has 0 spiro atoms. The van der Waals surface area contributed by atoms with Gasteiger partial charge in [-0.3, -0.25) is 9.18 Å². The van der Waals surface area contributed by atoms with Gasteiger partial charge in [-0.05, 0) is 61.0 Å². The molecule has 4 aromatic rings. The van der Waals surface area contributed by atoms with Gasteiger partial charge in [0.25, 0.3) is 0 Å². The highest BCUT2D eigenvalue weighted by Crippen LogP contribution is 2.30. The zero-order valence-electron chi connectivity index (χ0n) is 20.3. The van der Waals surface area contributed by atoms with Crippen molar-refractivity contribution in [1.82, 2.24) is 15.3 Å². The van der Waals surface area contributed by atoms with E-state index < -0.39 is 6.67 Å². The summed E-state index contributed by atoms with van der Waals surface area (Å²) in [6.45, 7) is 4.57. The van der Waals surface area contributed by atoms with Crippen molar-refractivity contribution in [2.24, 2.45) is 5.92 Å². The van der Waals surface area contributed by atoms with E-state index in [9.17, 15) is 9.18 Å². The van der Waals surface area contributed by atoms with E-state index in [1.54, 1.807) is 6.20 Å². The van der Waals surface area contributed by atoms with E-state index in [2.05, 4.69) is 27.5 Å². The van der Waals surface area contributed by atoms with Gasteiger partial charge in [-0.2, -0.15) is 0 Å². The molecule has 0 saturated carbocycles. The lowest BCUT2D eigenvalue weighted by atomic mass is 9.97. The number of hydrogen-bond donors (Lipinski definition) is 3. The average molecular weight is 498 g/mol. The molecule has 1 aliphatic heterocycles. The van der Waals surface area contributed by atoms with Crippen LogP contribution in [0.5, 0.6) is 5.75 Å². The molecule has 1 saturated heterocycles. The number of rotatable bonds is 8. The summed E-state index contributed by atoms with van der Waals surface area (Å²) in [6, 6.07) is 21.0. The van der Waals surface area contributed by atoms with Crippen LogP contribution < -0.4 is 20.7 Å². The minimum Gasteiger partial charge on any atom is -0.490 e. The second kappa shape index (κ2) is 11.2. The van der Waals surface area contributed by atoms with Crippen molar-refractivity contribution in [2.45, 2.75) is 12.5 Å². The molecule has 2 atom stereocenters. The molecule has 8 heteroatoms. The Morgan fingerprint density at radius 1 is 1.14 bits per heavy atom. The maximum atomic E-state index is 13.3. The van der Waals surface area contributed by atoms with Crippen molar-refractivity contribution >= 4 is 34.1 Å². The zero-order valence-corrected chi connectivity index (χ0v) is 20.3. The lowest BCUT2D eigenvalue weighted by Gasteiger charge is -2.30. The lowest BCUT2D eigenvalue weighted by molar-refractivity contribution is -0.111. The van der Waals surface area contributed by atoms with E-state index in [0.29, 0.717) is 23.9 Å². The summed E-state index contributed by atoms with van der Waals surface area (Å²) in [4.78, 5) is 21.0. The van der Waals surface area contributed by atoms with E-state index in [1.807, 2.05) is 66.7 Å². The number of para-hydroxylation sites is 1. The van der Waals surface area contributed by atoms with Crippen LogP contribution in [0.3, 0.4) is 0 Å². The standard InChI is InChI=1S/C29H28FN5O2/c1-2-27(36)33-23-7-3-5-19(15-23)25-8-4-6-20-18-32-29(35-28(20)25)34-22-9-11-24(12-10-22)37-26-13-14-31-17-21(26)16-30/h2-12,15,18,21,26,31H,1,13-14,16-17H2,(H,33,36)(H,32,34,35)/t21-,26+/m1/s1.